The van der Waals surface area contributed by atoms with Gasteiger partial charge in [-0.3, -0.25) is 19.2 Å². The summed E-state index contributed by atoms with van der Waals surface area (Å²) in [7, 11) is 1.64. The third-order valence-electron chi connectivity index (χ3n) is 5.19. The SMILES string of the molecule is CC(=O)N(C)c1c(I)c(C(=O)N2CCCC2)c(I)c(N2C(=O)CCCC2=O)c1I. The predicted molar refractivity (Wildman–Crippen MR) is 135 cm³/mol. The number of nitrogens with zero attached hydrogens (tertiary/aromatic N) is 3. The summed E-state index contributed by atoms with van der Waals surface area (Å²) >= 11 is 6.25. The third kappa shape index (κ3) is 4.29. The minimum atomic E-state index is -0.269. The van der Waals surface area contributed by atoms with Crippen molar-refractivity contribution in [1.29, 1.82) is 0 Å². The van der Waals surface area contributed by atoms with Gasteiger partial charge < -0.3 is 9.80 Å². The average Bonchev–Trinajstić information content (AvgIpc) is 3.18. The van der Waals surface area contributed by atoms with Crippen LogP contribution in [0.2, 0.25) is 0 Å². The molecule has 0 radical (unpaired) electrons. The molecule has 1 aromatic rings. The van der Waals surface area contributed by atoms with Crippen LogP contribution >= 0.6 is 67.8 Å². The van der Waals surface area contributed by atoms with E-state index in [0.717, 1.165) is 12.8 Å². The number of amides is 4. The Kier molecular flexibility index (Phi) is 7.44. The summed E-state index contributed by atoms with van der Waals surface area (Å²) in [5, 5.41) is 0. The van der Waals surface area contributed by atoms with Crippen LogP contribution in [0.1, 0.15) is 49.4 Å². The lowest BCUT2D eigenvalue weighted by Crippen LogP contribution is -2.42. The summed E-state index contributed by atoms with van der Waals surface area (Å²) < 4.78 is 1.86. The molecule has 0 unspecified atom stereocenters. The Bertz CT molecular complexity index is 897. The van der Waals surface area contributed by atoms with E-state index in [4.69, 9.17) is 0 Å². The number of halogens is 3. The van der Waals surface area contributed by atoms with Crippen molar-refractivity contribution in [3.05, 3.63) is 16.3 Å². The van der Waals surface area contributed by atoms with Gasteiger partial charge in [-0.15, -0.1) is 0 Å². The van der Waals surface area contributed by atoms with E-state index in [0.29, 0.717) is 47.2 Å². The van der Waals surface area contributed by atoms with Gasteiger partial charge in [0.05, 0.1) is 27.6 Å². The molecule has 0 aliphatic carbocycles. The molecule has 4 amide bonds. The summed E-state index contributed by atoms with van der Waals surface area (Å²) in [5.41, 5.74) is 1.44. The molecule has 1 aromatic carbocycles. The fraction of sp³-hybridized carbons (Fsp3) is 0.474. The second kappa shape index (κ2) is 9.32. The zero-order chi connectivity index (χ0) is 21.5. The normalized spacial score (nSPS) is 17.1. The number of piperidine rings is 1. The topological polar surface area (TPSA) is 78.0 Å². The van der Waals surface area contributed by atoms with Gasteiger partial charge in [-0.2, -0.15) is 0 Å². The molecule has 0 saturated carbocycles. The predicted octanol–water partition coefficient (Wildman–Crippen LogP) is 3.76. The minimum absolute atomic E-state index is 0.121. The second-order valence-electron chi connectivity index (χ2n) is 7.07. The van der Waals surface area contributed by atoms with Crippen molar-refractivity contribution in [2.45, 2.75) is 39.0 Å². The fourth-order valence-corrected chi connectivity index (χ4v) is 8.39. The van der Waals surface area contributed by atoms with Crippen LogP contribution in [0, 0.1) is 10.7 Å². The molecule has 2 heterocycles. The van der Waals surface area contributed by atoms with Crippen LogP contribution < -0.4 is 9.80 Å². The van der Waals surface area contributed by atoms with Crippen molar-refractivity contribution in [2.75, 3.05) is 29.9 Å². The van der Waals surface area contributed by atoms with Gasteiger partial charge in [-0.1, -0.05) is 0 Å². The molecule has 10 heteroatoms. The first-order valence-electron chi connectivity index (χ1n) is 9.26. The highest BCUT2D eigenvalue weighted by Gasteiger charge is 2.37. The standard InChI is InChI=1S/C19H20I3N3O4/c1-10(26)23(2)17-14(20)13(19(29)24-8-3-4-9-24)15(21)18(16(17)22)25-11(27)6-5-7-12(25)28/h3-9H2,1-2H3. The largest absolute Gasteiger partial charge is 0.339 e. The van der Waals surface area contributed by atoms with Gasteiger partial charge in [0.15, 0.2) is 0 Å². The van der Waals surface area contributed by atoms with Crippen LogP contribution in [0.15, 0.2) is 0 Å². The van der Waals surface area contributed by atoms with Crippen LogP contribution in [-0.4, -0.2) is 48.7 Å². The van der Waals surface area contributed by atoms with Gasteiger partial charge in [0.25, 0.3) is 5.91 Å². The van der Waals surface area contributed by atoms with Gasteiger partial charge in [0.2, 0.25) is 17.7 Å². The van der Waals surface area contributed by atoms with Gasteiger partial charge in [0.1, 0.15) is 0 Å². The zero-order valence-electron chi connectivity index (χ0n) is 16.1. The van der Waals surface area contributed by atoms with Crippen molar-refractivity contribution >= 4 is 103 Å². The van der Waals surface area contributed by atoms with Crippen LogP contribution in [0.25, 0.3) is 0 Å². The molecule has 0 N–H and O–H groups in total. The van der Waals surface area contributed by atoms with Crippen LogP contribution in [0.3, 0.4) is 0 Å². The molecule has 29 heavy (non-hydrogen) atoms. The number of benzene rings is 1. The number of rotatable bonds is 3. The maximum Gasteiger partial charge on any atom is 0.256 e. The highest BCUT2D eigenvalue weighted by molar-refractivity contribution is 14.1. The molecule has 0 spiro atoms. The number of imide groups is 1. The van der Waals surface area contributed by atoms with Crippen molar-refractivity contribution in [3.8, 4) is 0 Å². The Morgan fingerprint density at radius 3 is 1.97 bits per heavy atom. The quantitative estimate of drug-likeness (QED) is 0.351. The number of hydrogen-bond donors (Lipinski definition) is 0. The first-order chi connectivity index (χ1) is 13.7. The van der Waals surface area contributed by atoms with Gasteiger partial charge in [-0.05, 0) is 87.0 Å². The van der Waals surface area contributed by atoms with Crippen LogP contribution in [0.5, 0.6) is 0 Å². The Balaban J connectivity index is 2.29. The summed E-state index contributed by atoms with van der Waals surface area (Å²) in [4.78, 5) is 55.3. The molecule has 2 saturated heterocycles. The van der Waals surface area contributed by atoms with E-state index in [2.05, 4.69) is 67.8 Å². The van der Waals surface area contributed by atoms with Crippen molar-refractivity contribution in [2.24, 2.45) is 0 Å². The van der Waals surface area contributed by atoms with Crippen LogP contribution in [-0.2, 0) is 14.4 Å². The molecule has 0 aromatic heterocycles. The molecule has 2 aliphatic rings. The van der Waals surface area contributed by atoms with Gasteiger partial charge in [0, 0.05) is 39.9 Å². The van der Waals surface area contributed by atoms with E-state index in [-0.39, 0.29) is 36.5 Å². The minimum Gasteiger partial charge on any atom is -0.339 e. The van der Waals surface area contributed by atoms with Crippen LogP contribution in [0.4, 0.5) is 11.4 Å². The Morgan fingerprint density at radius 1 is 0.897 bits per heavy atom. The molecular formula is C19H20I3N3O4. The van der Waals surface area contributed by atoms with Gasteiger partial charge in [-0.25, -0.2) is 4.90 Å². The maximum atomic E-state index is 13.4. The first kappa shape index (κ1) is 23.2. The third-order valence-corrected chi connectivity index (χ3v) is 8.31. The molecule has 2 fully saturated rings. The number of carbonyl (C=O) groups excluding carboxylic acids is 4. The number of anilines is 2. The van der Waals surface area contributed by atoms with E-state index in [1.54, 1.807) is 11.9 Å². The number of likely N-dealkylation sites (tertiary alicyclic amines) is 1. The molecule has 2 aliphatic heterocycles. The van der Waals surface area contributed by atoms with Gasteiger partial charge >= 0.3 is 0 Å². The summed E-state index contributed by atoms with van der Waals surface area (Å²) in [6.45, 7) is 2.82. The van der Waals surface area contributed by atoms with Crippen molar-refractivity contribution in [1.82, 2.24) is 4.90 Å². The van der Waals surface area contributed by atoms with E-state index in [9.17, 15) is 19.2 Å². The van der Waals surface area contributed by atoms with Crippen molar-refractivity contribution in [3.63, 3.8) is 0 Å². The molecule has 156 valence electrons. The Hall–Kier alpha value is -0.510. The lowest BCUT2D eigenvalue weighted by molar-refractivity contribution is -0.129. The Morgan fingerprint density at radius 2 is 1.45 bits per heavy atom. The maximum absolute atomic E-state index is 13.4. The highest BCUT2D eigenvalue weighted by atomic mass is 127. The molecule has 7 nitrogen and oxygen atoms in total. The van der Waals surface area contributed by atoms with E-state index < -0.39 is 0 Å². The second-order valence-corrected chi connectivity index (χ2v) is 10.3. The highest BCUT2D eigenvalue weighted by Crippen LogP contribution is 2.43. The van der Waals surface area contributed by atoms with E-state index in [1.165, 1.54) is 16.7 Å². The molecule has 0 bridgehead atoms. The average molecular weight is 735 g/mol. The van der Waals surface area contributed by atoms with Crippen molar-refractivity contribution < 1.29 is 19.2 Å². The molecular weight excluding hydrogens is 715 g/mol. The first-order valence-corrected chi connectivity index (χ1v) is 12.5. The molecule has 3 rings (SSSR count). The summed E-state index contributed by atoms with van der Waals surface area (Å²) in [5.74, 6) is -0.850. The zero-order valence-corrected chi connectivity index (χ0v) is 22.5. The number of hydrogen-bond acceptors (Lipinski definition) is 4. The monoisotopic (exact) mass is 735 g/mol. The van der Waals surface area contributed by atoms with E-state index >= 15 is 0 Å². The summed E-state index contributed by atoms with van der Waals surface area (Å²) in [6, 6.07) is 0. The Labute approximate surface area is 210 Å². The lowest BCUT2D eigenvalue weighted by atomic mass is 10.1. The smallest absolute Gasteiger partial charge is 0.256 e. The fourth-order valence-electron chi connectivity index (χ4n) is 3.56. The molecule has 0 atom stereocenters. The number of carbonyl (C=O) groups is 4. The van der Waals surface area contributed by atoms with E-state index in [1.807, 2.05) is 0 Å². The lowest BCUT2D eigenvalue weighted by Gasteiger charge is -2.31. The summed E-state index contributed by atoms with van der Waals surface area (Å²) in [6.07, 6.45) is 3.03.